The van der Waals surface area contributed by atoms with Crippen molar-refractivity contribution in [3.05, 3.63) is 11.1 Å². The van der Waals surface area contributed by atoms with E-state index in [2.05, 4.69) is 18.6 Å². The van der Waals surface area contributed by atoms with Crippen LogP contribution in [0.25, 0.3) is 0 Å². The third-order valence-electron chi connectivity index (χ3n) is 9.89. The van der Waals surface area contributed by atoms with Crippen LogP contribution in [-0.4, -0.2) is 95.1 Å². The van der Waals surface area contributed by atoms with E-state index in [1.807, 2.05) is 0 Å². The van der Waals surface area contributed by atoms with Crippen LogP contribution < -0.4 is 0 Å². The first-order valence-corrected chi connectivity index (χ1v) is 16.7. The van der Waals surface area contributed by atoms with Crippen molar-refractivity contribution in [3.63, 3.8) is 0 Å². The van der Waals surface area contributed by atoms with Gasteiger partial charge in [0.05, 0.1) is 43.0 Å². The van der Waals surface area contributed by atoms with Crippen LogP contribution in [0.15, 0.2) is 11.1 Å². The maximum atomic E-state index is 13.2. The predicted octanol–water partition coefficient (Wildman–Crippen LogP) is 3.17. The summed E-state index contributed by atoms with van der Waals surface area (Å²) >= 11 is 0. The summed E-state index contributed by atoms with van der Waals surface area (Å²) in [7, 11) is 1.32. The number of aliphatic hydroxyl groups excluding tert-OH is 3. The van der Waals surface area contributed by atoms with Gasteiger partial charge in [0.15, 0.2) is 5.79 Å². The highest BCUT2D eigenvalue weighted by Gasteiger charge is 2.44. The molecule has 10 atom stereocenters. The second-order valence-electron chi connectivity index (χ2n) is 13.8. The van der Waals surface area contributed by atoms with Gasteiger partial charge >= 0.3 is 17.9 Å². The summed E-state index contributed by atoms with van der Waals surface area (Å²) in [6.07, 6.45) is -0.956. The van der Waals surface area contributed by atoms with Gasteiger partial charge in [-0.3, -0.25) is 9.59 Å². The smallest absolute Gasteiger partial charge is 0.345 e. The second-order valence-corrected chi connectivity index (χ2v) is 13.8. The molecule has 3 heterocycles. The Morgan fingerprint density at radius 2 is 1.65 bits per heavy atom. The van der Waals surface area contributed by atoms with Crippen LogP contribution in [0.1, 0.15) is 99.3 Å². The van der Waals surface area contributed by atoms with E-state index < -0.39 is 66.6 Å². The van der Waals surface area contributed by atoms with Gasteiger partial charge in [-0.15, -0.1) is 0 Å². The van der Waals surface area contributed by atoms with E-state index in [-0.39, 0.29) is 41.3 Å². The molecule has 3 rings (SSSR count). The Hall–Kier alpha value is -2.22. The fraction of sp³-hybridized carbons (Fsp3) is 0.824. The van der Waals surface area contributed by atoms with Crippen LogP contribution in [0.4, 0.5) is 0 Å². The van der Waals surface area contributed by atoms with Crippen molar-refractivity contribution in [2.75, 3.05) is 13.7 Å². The molecule has 1 spiro atoms. The highest BCUT2D eigenvalue weighted by Crippen LogP contribution is 2.42. The van der Waals surface area contributed by atoms with E-state index in [0.29, 0.717) is 25.4 Å². The van der Waals surface area contributed by atoms with Crippen molar-refractivity contribution in [1.29, 1.82) is 0 Å². The van der Waals surface area contributed by atoms with Crippen molar-refractivity contribution < 1.29 is 58.2 Å². The molecule has 12 nitrogen and oxygen atoms in total. The van der Waals surface area contributed by atoms with Gasteiger partial charge in [0.1, 0.15) is 18.0 Å². The van der Waals surface area contributed by atoms with Crippen LogP contribution in [-0.2, 0) is 42.9 Å². The molecule has 0 aromatic heterocycles. The normalized spacial score (nSPS) is 28.4. The summed E-state index contributed by atoms with van der Waals surface area (Å²) in [5.74, 6) is -4.25. The van der Waals surface area contributed by atoms with Crippen LogP contribution in [0, 0.1) is 23.7 Å². The van der Waals surface area contributed by atoms with E-state index in [0.717, 1.165) is 32.1 Å². The minimum atomic E-state index is -1.62. The molecule has 2 saturated heterocycles. The predicted molar refractivity (Wildman–Crippen MR) is 165 cm³/mol. The Labute approximate surface area is 272 Å². The van der Waals surface area contributed by atoms with Crippen LogP contribution in [0.2, 0.25) is 0 Å². The molecular formula is C34H54O12. The van der Waals surface area contributed by atoms with Gasteiger partial charge in [0.25, 0.3) is 0 Å². The zero-order valence-electron chi connectivity index (χ0n) is 28.4. The van der Waals surface area contributed by atoms with Gasteiger partial charge in [-0.2, -0.15) is 0 Å². The van der Waals surface area contributed by atoms with E-state index in [9.17, 15) is 34.5 Å². The molecule has 0 unspecified atom stereocenters. The molecule has 46 heavy (non-hydrogen) atoms. The number of ether oxygens (including phenoxy) is 5. The molecule has 0 amide bonds. The Bertz CT molecular complexity index is 1110. The molecule has 3 N–H and O–H groups in total. The summed E-state index contributed by atoms with van der Waals surface area (Å²) in [6.45, 7) is 11.4. The van der Waals surface area contributed by atoms with Gasteiger partial charge in [0, 0.05) is 37.9 Å². The number of aliphatic hydroxyl groups is 3. The zero-order chi connectivity index (χ0) is 34.3. The maximum Gasteiger partial charge on any atom is 0.345 e. The van der Waals surface area contributed by atoms with Crippen molar-refractivity contribution in [2.45, 2.75) is 142 Å². The van der Waals surface area contributed by atoms with Crippen molar-refractivity contribution in [1.82, 2.24) is 0 Å². The minimum absolute atomic E-state index is 0.00126. The lowest BCUT2D eigenvalue weighted by atomic mass is 9.81. The molecule has 0 saturated carbocycles. The van der Waals surface area contributed by atoms with E-state index in [4.69, 9.17) is 18.9 Å². The van der Waals surface area contributed by atoms with Gasteiger partial charge in [-0.1, -0.05) is 34.6 Å². The third-order valence-corrected chi connectivity index (χ3v) is 9.89. The average Bonchev–Trinajstić information content (AvgIpc) is 3.26. The Morgan fingerprint density at radius 3 is 2.22 bits per heavy atom. The summed E-state index contributed by atoms with van der Waals surface area (Å²) in [6, 6.07) is 0. The maximum absolute atomic E-state index is 13.2. The third kappa shape index (κ3) is 9.44. The first kappa shape index (κ1) is 38.2. The van der Waals surface area contributed by atoms with Crippen molar-refractivity contribution in [2.24, 2.45) is 23.7 Å². The molecule has 0 aromatic carbocycles. The first-order chi connectivity index (χ1) is 21.6. The summed E-state index contributed by atoms with van der Waals surface area (Å²) < 4.78 is 28.1. The quantitative estimate of drug-likeness (QED) is 0.164. The number of cyclic esters (lactones) is 2. The van der Waals surface area contributed by atoms with Gasteiger partial charge < -0.3 is 39.0 Å². The second kappa shape index (κ2) is 16.7. The standard InChI is InChI=1S/C34H54O12/c1-18(2)29(44-27(39)17-25(37)28-22(6)32(40)45-33(28)41)31(42-7)26(38)16-24(36)21(5)23(35)11-10-19(3)30-20(4)12-14-34(46-30)13-8-9-15-43-34/h18-21,23,25-26,29-31,35,37-38H,8-17H2,1-7H3/t19-,20+,21-,23-,25+,26+,29+,30+,31-,34-/m0/s1. The molecule has 0 bridgehead atoms. The number of hydrogen-bond acceptors (Lipinski definition) is 12. The molecule has 3 aliphatic heterocycles. The summed E-state index contributed by atoms with van der Waals surface area (Å²) in [5.41, 5.74) is -0.388. The van der Waals surface area contributed by atoms with E-state index in [1.165, 1.54) is 14.0 Å². The lowest BCUT2D eigenvalue weighted by Gasteiger charge is -2.47. The number of esters is 3. The number of hydrogen-bond donors (Lipinski definition) is 3. The highest BCUT2D eigenvalue weighted by molar-refractivity contribution is 6.12. The van der Waals surface area contributed by atoms with Gasteiger partial charge in [-0.25, -0.2) is 9.59 Å². The number of carbonyl (C=O) groups is 4. The summed E-state index contributed by atoms with van der Waals surface area (Å²) in [5, 5.41) is 32.4. The lowest BCUT2D eigenvalue weighted by molar-refractivity contribution is -0.312. The molecule has 0 aromatic rings. The fourth-order valence-electron chi connectivity index (χ4n) is 6.82. The summed E-state index contributed by atoms with van der Waals surface area (Å²) in [4.78, 5) is 49.4. The van der Waals surface area contributed by atoms with Crippen molar-refractivity contribution in [3.8, 4) is 0 Å². The molecule has 0 radical (unpaired) electrons. The van der Waals surface area contributed by atoms with Gasteiger partial charge in [0.2, 0.25) is 0 Å². The fourth-order valence-corrected chi connectivity index (χ4v) is 6.82. The van der Waals surface area contributed by atoms with E-state index in [1.54, 1.807) is 20.8 Å². The number of Topliss-reactive ketones (excluding diaryl/α,β-unsaturated/α-hetero) is 1. The monoisotopic (exact) mass is 654 g/mol. The molecule has 2 fully saturated rings. The Kier molecular flexibility index (Phi) is 13.9. The largest absolute Gasteiger partial charge is 0.459 e. The highest BCUT2D eigenvalue weighted by atomic mass is 16.7. The number of methoxy groups -OCH3 is 1. The van der Waals surface area contributed by atoms with E-state index >= 15 is 0 Å². The SMILES string of the molecule is CO[C@@H]([C@H](O)CC(=O)[C@@H](C)[C@@H](O)CC[C@H](C)[C@H]1O[C@@]2(CCCCO2)CC[C@H]1C)[C@H](OC(=O)C[C@@H](O)C1=C(C)C(=O)OC1=O)C(C)C. The molecular weight excluding hydrogens is 600 g/mol. The first-order valence-electron chi connectivity index (χ1n) is 16.7. The lowest BCUT2D eigenvalue weighted by Crippen LogP contribution is -2.50. The van der Waals surface area contributed by atoms with Crippen LogP contribution >= 0.6 is 0 Å². The topological polar surface area (TPSA) is 175 Å². The molecule has 12 heteroatoms. The zero-order valence-corrected chi connectivity index (χ0v) is 28.4. The van der Waals surface area contributed by atoms with Gasteiger partial charge in [-0.05, 0) is 56.8 Å². The molecule has 262 valence electrons. The molecule has 0 aliphatic carbocycles. The Balaban J connectivity index is 1.53. The number of rotatable bonds is 16. The number of carbonyl (C=O) groups excluding carboxylic acids is 4. The Morgan fingerprint density at radius 1 is 0.957 bits per heavy atom. The van der Waals surface area contributed by atoms with Crippen LogP contribution in [0.3, 0.4) is 0 Å². The van der Waals surface area contributed by atoms with Crippen LogP contribution in [0.5, 0.6) is 0 Å². The molecule has 3 aliphatic rings. The minimum Gasteiger partial charge on any atom is -0.459 e. The number of ketones is 1. The average molecular weight is 655 g/mol. The van der Waals surface area contributed by atoms with Crippen molar-refractivity contribution >= 4 is 23.7 Å².